The molecule has 2 unspecified atom stereocenters. The van der Waals surface area contributed by atoms with Gasteiger partial charge in [0.1, 0.15) is 6.23 Å². The number of likely N-dealkylation sites (N-methyl/N-ethyl adjacent to an activating group) is 1. The zero-order chi connectivity index (χ0) is 17.4. The van der Waals surface area contributed by atoms with Crippen LogP contribution in [-0.2, 0) is 23.9 Å². The standard InChI is InChI=1S/C16H26N2O5/c1-11(2)7-13-5-6-14(23-13)18(10-19)9-12(16(21)17-3)8-15(20)22-4/h9-11,13-14H,5-8H2,1-4H3,(H,17,21)/b12-9-. The van der Waals surface area contributed by atoms with E-state index in [1.54, 1.807) is 0 Å². The molecule has 0 saturated carbocycles. The first-order valence-corrected chi connectivity index (χ1v) is 7.79. The third kappa shape index (κ3) is 6.02. The highest BCUT2D eigenvalue weighted by atomic mass is 16.5. The summed E-state index contributed by atoms with van der Waals surface area (Å²) in [6, 6.07) is 0. The Morgan fingerprint density at radius 2 is 2.09 bits per heavy atom. The lowest BCUT2D eigenvalue weighted by Gasteiger charge is -2.23. The number of carbonyl (C=O) groups is 3. The molecule has 1 heterocycles. The van der Waals surface area contributed by atoms with Crippen LogP contribution in [-0.4, -0.2) is 49.7 Å². The van der Waals surface area contributed by atoms with E-state index in [0.29, 0.717) is 18.7 Å². The Bertz CT molecular complexity index is 461. The van der Waals surface area contributed by atoms with E-state index in [-0.39, 0.29) is 18.1 Å². The van der Waals surface area contributed by atoms with Crippen molar-refractivity contribution < 1.29 is 23.9 Å². The van der Waals surface area contributed by atoms with Crippen LogP contribution in [0.1, 0.15) is 39.5 Å². The van der Waals surface area contributed by atoms with Crippen molar-refractivity contribution in [2.45, 2.75) is 51.9 Å². The topological polar surface area (TPSA) is 84.9 Å². The molecule has 1 aliphatic rings. The van der Waals surface area contributed by atoms with Crippen LogP contribution in [0.2, 0.25) is 0 Å². The quantitative estimate of drug-likeness (QED) is 0.411. The number of nitrogens with zero attached hydrogens (tertiary/aromatic N) is 1. The summed E-state index contributed by atoms with van der Waals surface area (Å²) in [7, 11) is 2.71. The van der Waals surface area contributed by atoms with Gasteiger partial charge in [-0.25, -0.2) is 0 Å². The molecule has 0 spiro atoms. The maximum absolute atomic E-state index is 11.9. The number of methoxy groups -OCH3 is 1. The fraction of sp³-hybridized carbons (Fsp3) is 0.688. The van der Waals surface area contributed by atoms with Crippen LogP contribution in [0.4, 0.5) is 0 Å². The molecular weight excluding hydrogens is 300 g/mol. The molecule has 1 fully saturated rings. The van der Waals surface area contributed by atoms with E-state index in [1.165, 1.54) is 25.3 Å². The normalized spacial score (nSPS) is 21.2. The number of ether oxygens (including phenoxy) is 2. The van der Waals surface area contributed by atoms with Crippen LogP contribution >= 0.6 is 0 Å². The van der Waals surface area contributed by atoms with Crippen molar-refractivity contribution in [3.8, 4) is 0 Å². The molecule has 7 nitrogen and oxygen atoms in total. The van der Waals surface area contributed by atoms with Crippen LogP contribution in [0.15, 0.2) is 11.8 Å². The van der Waals surface area contributed by atoms with E-state index >= 15 is 0 Å². The summed E-state index contributed by atoms with van der Waals surface area (Å²) in [5.41, 5.74) is 0.155. The van der Waals surface area contributed by atoms with E-state index < -0.39 is 18.1 Å². The van der Waals surface area contributed by atoms with E-state index in [4.69, 9.17) is 4.74 Å². The summed E-state index contributed by atoms with van der Waals surface area (Å²) in [4.78, 5) is 36.0. The molecule has 0 bridgehead atoms. The van der Waals surface area contributed by atoms with Crippen molar-refractivity contribution in [3.05, 3.63) is 11.8 Å². The van der Waals surface area contributed by atoms with Gasteiger partial charge in [0, 0.05) is 18.8 Å². The van der Waals surface area contributed by atoms with Gasteiger partial charge in [0.25, 0.3) is 0 Å². The average Bonchev–Trinajstić information content (AvgIpc) is 2.97. The highest BCUT2D eigenvalue weighted by Gasteiger charge is 2.30. The first-order valence-electron chi connectivity index (χ1n) is 7.79. The van der Waals surface area contributed by atoms with Gasteiger partial charge in [0.2, 0.25) is 12.3 Å². The molecule has 1 rings (SSSR count). The number of esters is 1. The summed E-state index contributed by atoms with van der Waals surface area (Å²) in [6.07, 6.45) is 3.97. The van der Waals surface area contributed by atoms with Gasteiger partial charge in [-0.2, -0.15) is 0 Å². The monoisotopic (exact) mass is 326 g/mol. The molecule has 2 atom stereocenters. The molecule has 7 heteroatoms. The second-order valence-corrected chi connectivity index (χ2v) is 5.96. The van der Waals surface area contributed by atoms with Crippen LogP contribution in [0.5, 0.6) is 0 Å². The molecule has 0 aromatic carbocycles. The molecule has 130 valence electrons. The van der Waals surface area contributed by atoms with E-state index in [2.05, 4.69) is 23.9 Å². The number of hydrogen-bond acceptors (Lipinski definition) is 5. The van der Waals surface area contributed by atoms with Gasteiger partial charge in [-0.05, 0) is 25.2 Å². The van der Waals surface area contributed by atoms with Gasteiger partial charge in [-0.15, -0.1) is 0 Å². The SMILES string of the molecule is CNC(=O)/C(=C\N(C=O)C1CCC(CC(C)C)O1)CC(=O)OC. The fourth-order valence-electron chi connectivity index (χ4n) is 2.54. The third-order valence-corrected chi connectivity index (χ3v) is 3.66. The first-order chi connectivity index (χ1) is 10.9. The summed E-state index contributed by atoms with van der Waals surface area (Å²) in [5.74, 6) is -0.463. The largest absolute Gasteiger partial charge is 0.469 e. The molecular formula is C16H26N2O5. The smallest absolute Gasteiger partial charge is 0.310 e. The van der Waals surface area contributed by atoms with Crippen molar-refractivity contribution in [3.63, 3.8) is 0 Å². The zero-order valence-electron chi connectivity index (χ0n) is 14.2. The molecule has 0 aromatic heterocycles. The predicted octanol–water partition coefficient (Wildman–Crippen LogP) is 1.19. The van der Waals surface area contributed by atoms with Crippen molar-refractivity contribution >= 4 is 18.3 Å². The van der Waals surface area contributed by atoms with Crippen molar-refractivity contribution in [1.82, 2.24) is 10.2 Å². The predicted molar refractivity (Wildman–Crippen MR) is 84.0 cm³/mol. The number of amides is 2. The first kappa shape index (κ1) is 19.2. The van der Waals surface area contributed by atoms with Gasteiger partial charge < -0.3 is 14.8 Å². The average molecular weight is 326 g/mol. The number of carbonyl (C=O) groups excluding carboxylic acids is 3. The lowest BCUT2D eigenvalue weighted by atomic mass is 10.0. The highest BCUT2D eigenvalue weighted by molar-refractivity contribution is 5.97. The summed E-state index contributed by atoms with van der Waals surface area (Å²) in [5, 5.41) is 2.45. The molecule has 1 N–H and O–H groups in total. The van der Waals surface area contributed by atoms with Crippen molar-refractivity contribution in [2.75, 3.05) is 14.2 Å². The Labute approximate surface area is 137 Å². The Hall–Kier alpha value is -1.89. The van der Waals surface area contributed by atoms with E-state index in [1.807, 2.05) is 0 Å². The Morgan fingerprint density at radius 3 is 2.61 bits per heavy atom. The maximum atomic E-state index is 11.9. The fourth-order valence-corrected chi connectivity index (χ4v) is 2.54. The molecule has 2 amide bonds. The second kappa shape index (κ2) is 9.29. The van der Waals surface area contributed by atoms with Crippen LogP contribution < -0.4 is 5.32 Å². The lowest BCUT2D eigenvalue weighted by molar-refractivity contribution is -0.140. The van der Waals surface area contributed by atoms with Crippen molar-refractivity contribution in [2.24, 2.45) is 5.92 Å². The molecule has 1 saturated heterocycles. The van der Waals surface area contributed by atoms with Crippen LogP contribution in [0.3, 0.4) is 0 Å². The molecule has 1 aliphatic heterocycles. The Balaban J connectivity index is 2.82. The van der Waals surface area contributed by atoms with Gasteiger partial charge >= 0.3 is 5.97 Å². The van der Waals surface area contributed by atoms with Crippen molar-refractivity contribution in [1.29, 1.82) is 0 Å². The summed E-state index contributed by atoms with van der Waals surface area (Å²) in [6.45, 7) is 4.24. The molecule has 0 aromatic rings. The molecule has 23 heavy (non-hydrogen) atoms. The van der Waals surface area contributed by atoms with Gasteiger partial charge in [-0.1, -0.05) is 13.8 Å². The van der Waals surface area contributed by atoms with E-state index in [9.17, 15) is 14.4 Å². The van der Waals surface area contributed by atoms with Crippen LogP contribution in [0.25, 0.3) is 0 Å². The van der Waals surface area contributed by atoms with Gasteiger partial charge in [-0.3, -0.25) is 19.3 Å². The molecule has 0 radical (unpaired) electrons. The van der Waals surface area contributed by atoms with Gasteiger partial charge in [0.05, 0.1) is 19.6 Å². The third-order valence-electron chi connectivity index (χ3n) is 3.66. The number of rotatable bonds is 8. The minimum absolute atomic E-state index is 0.111. The lowest BCUT2D eigenvalue weighted by Crippen LogP contribution is -2.32. The van der Waals surface area contributed by atoms with Crippen LogP contribution in [0, 0.1) is 5.92 Å². The Morgan fingerprint density at radius 1 is 1.39 bits per heavy atom. The second-order valence-electron chi connectivity index (χ2n) is 5.96. The minimum atomic E-state index is -0.546. The number of hydrogen-bond donors (Lipinski definition) is 1. The maximum Gasteiger partial charge on any atom is 0.310 e. The van der Waals surface area contributed by atoms with E-state index in [0.717, 1.165) is 12.8 Å². The minimum Gasteiger partial charge on any atom is -0.469 e. The number of nitrogens with one attached hydrogen (secondary N) is 1. The van der Waals surface area contributed by atoms with Gasteiger partial charge in [0.15, 0.2) is 0 Å². The Kier molecular flexibility index (Phi) is 7.74. The molecule has 0 aliphatic carbocycles. The zero-order valence-corrected chi connectivity index (χ0v) is 14.2. The summed E-state index contributed by atoms with van der Waals surface area (Å²) < 4.78 is 10.5. The summed E-state index contributed by atoms with van der Waals surface area (Å²) >= 11 is 0. The highest BCUT2D eigenvalue weighted by Crippen LogP contribution is 2.27.